The quantitative estimate of drug-likeness (QED) is 0.712. The molecule has 0 spiro atoms. The zero-order valence-corrected chi connectivity index (χ0v) is 11.5. The van der Waals surface area contributed by atoms with Gasteiger partial charge in [0.1, 0.15) is 5.82 Å². The molecule has 0 aliphatic carbocycles. The molecule has 0 atom stereocenters. The van der Waals surface area contributed by atoms with Crippen molar-refractivity contribution in [1.29, 1.82) is 0 Å². The number of benzene rings is 1. The van der Waals surface area contributed by atoms with Crippen molar-refractivity contribution in [3.05, 3.63) is 29.6 Å². The Morgan fingerprint density at radius 2 is 2.16 bits per heavy atom. The third-order valence-corrected chi connectivity index (χ3v) is 2.57. The second kappa shape index (κ2) is 8.48. The Bertz CT molecular complexity index is 410. The zero-order chi connectivity index (χ0) is 14.1. The van der Waals surface area contributed by atoms with Crippen molar-refractivity contribution in [2.24, 2.45) is 0 Å². The van der Waals surface area contributed by atoms with Gasteiger partial charge in [-0.2, -0.15) is 0 Å². The normalized spacial score (nSPS) is 10.3. The van der Waals surface area contributed by atoms with Gasteiger partial charge in [0, 0.05) is 26.3 Å². The molecule has 0 aliphatic rings. The fourth-order valence-corrected chi connectivity index (χ4v) is 1.69. The number of carbonyl (C=O) groups excluding carboxylic acids is 1. The van der Waals surface area contributed by atoms with Crippen LogP contribution in [0.25, 0.3) is 0 Å². The van der Waals surface area contributed by atoms with Crippen LogP contribution in [0.15, 0.2) is 18.2 Å². The lowest BCUT2D eigenvalue weighted by atomic mass is 10.1. The van der Waals surface area contributed by atoms with E-state index < -0.39 is 5.82 Å². The van der Waals surface area contributed by atoms with Crippen LogP contribution in [0.3, 0.4) is 0 Å². The lowest BCUT2D eigenvalue weighted by molar-refractivity contribution is 0.0944. The van der Waals surface area contributed by atoms with Gasteiger partial charge in [-0.05, 0) is 32.4 Å². The molecule has 1 rings (SSSR count). The minimum absolute atomic E-state index is 0.257. The van der Waals surface area contributed by atoms with Crippen molar-refractivity contribution in [3.8, 4) is 0 Å². The highest BCUT2D eigenvalue weighted by atomic mass is 19.1. The Kier molecular flexibility index (Phi) is 6.89. The first-order valence-corrected chi connectivity index (χ1v) is 6.59. The summed E-state index contributed by atoms with van der Waals surface area (Å²) in [7, 11) is 0. The van der Waals surface area contributed by atoms with Crippen molar-refractivity contribution >= 4 is 11.6 Å². The van der Waals surface area contributed by atoms with E-state index in [2.05, 4.69) is 10.6 Å². The number of nitrogens with one attached hydrogen (secondary N) is 2. The summed E-state index contributed by atoms with van der Waals surface area (Å²) in [4.78, 5) is 12.0. The first-order chi connectivity index (χ1) is 9.20. The average Bonchev–Trinajstić information content (AvgIpc) is 2.41. The molecule has 0 saturated carbocycles. The molecule has 0 radical (unpaired) electrons. The van der Waals surface area contributed by atoms with Gasteiger partial charge in [0.05, 0.1) is 11.3 Å². The molecule has 1 aromatic carbocycles. The van der Waals surface area contributed by atoms with Gasteiger partial charge < -0.3 is 15.4 Å². The average molecular weight is 268 g/mol. The summed E-state index contributed by atoms with van der Waals surface area (Å²) in [6, 6.07) is 4.48. The Labute approximate surface area is 113 Å². The predicted octanol–water partition coefficient (Wildman–Crippen LogP) is 2.41. The number of amides is 1. The number of para-hydroxylation sites is 1. The number of anilines is 1. The van der Waals surface area contributed by atoms with E-state index in [0.29, 0.717) is 31.9 Å². The predicted molar refractivity (Wildman–Crippen MR) is 74.0 cm³/mol. The molecule has 0 fully saturated rings. The van der Waals surface area contributed by atoms with E-state index in [-0.39, 0.29) is 11.6 Å². The summed E-state index contributed by atoms with van der Waals surface area (Å²) in [5.74, 6) is -0.684. The SMILES string of the molecule is CCNc1c(F)cccc1C(=O)NCCCOCC. The molecule has 0 aromatic heterocycles. The van der Waals surface area contributed by atoms with E-state index >= 15 is 0 Å². The van der Waals surface area contributed by atoms with Crippen molar-refractivity contribution in [2.75, 3.05) is 31.6 Å². The summed E-state index contributed by atoms with van der Waals surface area (Å²) in [5, 5.41) is 5.63. The Morgan fingerprint density at radius 1 is 1.37 bits per heavy atom. The molecule has 4 nitrogen and oxygen atoms in total. The number of hydrogen-bond acceptors (Lipinski definition) is 3. The van der Waals surface area contributed by atoms with Crippen LogP contribution in [-0.4, -0.2) is 32.2 Å². The van der Waals surface area contributed by atoms with Crippen LogP contribution in [0.1, 0.15) is 30.6 Å². The molecule has 0 bridgehead atoms. The summed E-state index contributed by atoms with van der Waals surface area (Å²) >= 11 is 0. The summed E-state index contributed by atoms with van der Waals surface area (Å²) in [5.41, 5.74) is 0.588. The molecule has 1 amide bonds. The van der Waals surface area contributed by atoms with Gasteiger partial charge in [0.2, 0.25) is 0 Å². The van der Waals surface area contributed by atoms with Crippen LogP contribution in [0.2, 0.25) is 0 Å². The fourth-order valence-electron chi connectivity index (χ4n) is 1.69. The highest BCUT2D eigenvalue weighted by molar-refractivity contribution is 5.99. The van der Waals surface area contributed by atoms with E-state index in [4.69, 9.17) is 4.74 Å². The molecule has 5 heteroatoms. The summed E-state index contributed by atoms with van der Waals surface area (Å²) in [6.07, 6.45) is 0.742. The van der Waals surface area contributed by atoms with Gasteiger partial charge >= 0.3 is 0 Å². The van der Waals surface area contributed by atoms with Crippen LogP contribution in [-0.2, 0) is 4.74 Å². The molecule has 19 heavy (non-hydrogen) atoms. The summed E-state index contributed by atoms with van der Waals surface area (Å²) in [6.45, 7) is 6.14. The molecular weight excluding hydrogens is 247 g/mol. The van der Waals surface area contributed by atoms with Gasteiger partial charge in [-0.3, -0.25) is 4.79 Å². The molecule has 106 valence electrons. The first kappa shape index (κ1) is 15.4. The Balaban J connectivity index is 2.58. The van der Waals surface area contributed by atoms with Gasteiger partial charge in [0.25, 0.3) is 5.91 Å². The molecule has 0 aliphatic heterocycles. The standard InChI is InChI=1S/C14H21FN2O2/c1-3-16-13-11(7-5-8-12(13)15)14(18)17-9-6-10-19-4-2/h5,7-8,16H,3-4,6,9-10H2,1-2H3,(H,17,18). The Morgan fingerprint density at radius 3 is 2.84 bits per heavy atom. The zero-order valence-electron chi connectivity index (χ0n) is 11.5. The van der Waals surface area contributed by atoms with Crippen molar-refractivity contribution in [1.82, 2.24) is 5.32 Å². The van der Waals surface area contributed by atoms with Crippen LogP contribution >= 0.6 is 0 Å². The second-order valence-corrected chi connectivity index (χ2v) is 4.00. The maximum Gasteiger partial charge on any atom is 0.253 e. The topological polar surface area (TPSA) is 50.4 Å². The van der Waals surface area contributed by atoms with Crippen LogP contribution < -0.4 is 10.6 Å². The molecule has 1 aromatic rings. The monoisotopic (exact) mass is 268 g/mol. The van der Waals surface area contributed by atoms with Gasteiger partial charge in [0.15, 0.2) is 0 Å². The number of carbonyl (C=O) groups is 1. The third-order valence-electron chi connectivity index (χ3n) is 2.57. The van der Waals surface area contributed by atoms with E-state index in [1.165, 1.54) is 12.1 Å². The highest BCUT2D eigenvalue weighted by Gasteiger charge is 2.13. The lowest BCUT2D eigenvalue weighted by Gasteiger charge is -2.12. The number of rotatable bonds is 8. The van der Waals surface area contributed by atoms with Crippen molar-refractivity contribution in [2.45, 2.75) is 20.3 Å². The number of halogens is 1. The van der Waals surface area contributed by atoms with Gasteiger partial charge in [-0.15, -0.1) is 0 Å². The number of ether oxygens (including phenoxy) is 1. The van der Waals surface area contributed by atoms with Gasteiger partial charge in [-0.1, -0.05) is 6.07 Å². The number of hydrogen-bond donors (Lipinski definition) is 2. The molecule has 2 N–H and O–H groups in total. The van der Waals surface area contributed by atoms with Crippen molar-refractivity contribution in [3.63, 3.8) is 0 Å². The Hall–Kier alpha value is -1.62. The van der Waals surface area contributed by atoms with Gasteiger partial charge in [-0.25, -0.2) is 4.39 Å². The minimum Gasteiger partial charge on any atom is -0.382 e. The fraction of sp³-hybridized carbons (Fsp3) is 0.500. The van der Waals surface area contributed by atoms with Crippen LogP contribution in [0.5, 0.6) is 0 Å². The molecular formula is C14H21FN2O2. The highest BCUT2D eigenvalue weighted by Crippen LogP contribution is 2.19. The largest absolute Gasteiger partial charge is 0.382 e. The van der Waals surface area contributed by atoms with E-state index in [1.807, 2.05) is 13.8 Å². The van der Waals surface area contributed by atoms with Crippen LogP contribution in [0.4, 0.5) is 10.1 Å². The van der Waals surface area contributed by atoms with Crippen LogP contribution in [0, 0.1) is 5.82 Å². The minimum atomic E-state index is -0.413. The smallest absolute Gasteiger partial charge is 0.253 e. The second-order valence-electron chi connectivity index (χ2n) is 4.00. The summed E-state index contributed by atoms with van der Waals surface area (Å²) < 4.78 is 18.8. The first-order valence-electron chi connectivity index (χ1n) is 6.59. The molecule has 0 unspecified atom stereocenters. The molecule has 0 saturated heterocycles. The van der Waals surface area contributed by atoms with E-state index in [0.717, 1.165) is 6.42 Å². The maximum absolute atomic E-state index is 13.6. The van der Waals surface area contributed by atoms with E-state index in [1.54, 1.807) is 6.07 Å². The van der Waals surface area contributed by atoms with E-state index in [9.17, 15) is 9.18 Å². The van der Waals surface area contributed by atoms with Crippen molar-refractivity contribution < 1.29 is 13.9 Å². The molecule has 0 heterocycles. The maximum atomic E-state index is 13.6. The lowest BCUT2D eigenvalue weighted by Crippen LogP contribution is -2.26. The third kappa shape index (κ3) is 4.87.